The Kier molecular flexibility index (Phi) is 5.92. The smallest absolute Gasteiger partial charge is 0.322 e. The Morgan fingerprint density at radius 1 is 1.17 bits per heavy atom. The normalized spacial score (nSPS) is 16.4. The third kappa shape index (κ3) is 4.83. The molecule has 1 unspecified atom stereocenters. The minimum Gasteiger partial charge on any atom is -0.326 e. The van der Waals surface area contributed by atoms with Gasteiger partial charge >= 0.3 is 6.03 Å². The number of urea groups is 1. The predicted molar refractivity (Wildman–Crippen MR) is 119 cm³/mol. The van der Waals surface area contributed by atoms with Crippen LogP contribution in [0.15, 0.2) is 47.2 Å². The lowest BCUT2D eigenvalue weighted by Gasteiger charge is -2.31. The van der Waals surface area contributed by atoms with Gasteiger partial charge in [-0.05, 0) is 49.4 Å². The summed E-state index contributed by atoms with van der Waals surface area (Å²) in [6.45, 7) is 3.07. The van der Waals surface area contributed by atoms with Crippen molar-refractivity contribution in [2.75, 3.05) is 23.7 Å². The van der Waals surface area contributed by atoms with Crippen LogP contribution in [0.1, 0.15) is 17.8 Å². The maximum atomic E-state index is 12.8. The monoisotopic (exact) mass is 426 g/mol. The maximum absolute atomic E-state index is 12.8. The van der Waals surface area contributed by atoms with E-state index in [4.69, 9.17) is 0 Å². The molecule has 3 amide bonds. The third-order valence-electron chi connectivity index (χ3n) is 4.88. The molecule has 1 aliphatic rings. The summed E-state index contributed by atoms with van der Waals surface area (Å²) < 4.78 is 0. The molecule has 1 aliphatic heterocycles. The molecule has 1 atom stereocenters. The van der Waals surface area contributed by atoms with Gasteiger partial charge in [-0.1, -0.05) is 12.1 Å². The van der Waals surface area contributed by atoms with Gasteiger partial charge in [-0.3, -0.25) is 10.1 Å². The van der Waals surface area contributed by atoms with Crippen molar-refractivity contribution < 1.29 is 9.59 Å². The molecule has 150 valence electrons. The predicted octanol–water partition coefficient (Wildman–Crippen LogP) is 5.06. The van der Waals surface area contributed by atoms with Crippen LogP contribution in [0.2, 0.25) is 0 Å². The molecule has 0 aliphatic carbocycles. The summed E-state index contributed by atoms with van der Waals surface area (Å²) in [5.74, 6) is -0.270. The summed E-state index contributed by atoms with van der Waals surface area (Å²) in [7, 11) is 0. The second-order valence-electron chi connectivity index (χ2n) is 7.01. The van der Waals surface area contributed by atoms with Crippen LogP contribution in [0.4, 0.5) is 15.5 Å². The average Bonchev–Trinajstić information content (AvgIpc) is 3.40. The molecule has 2 aromatic heterocycles. The Hall–Kier alpha value is -2.71. The lowest BCUT2D eigenvalue weighted by molar-refractivity contribution is -0.121. The van der Waals surface area contributed by atoms with Crippen LogP contribution in [-0.2, 0) is 4.79 Å². The Bertz CT molecular complexity index is 1000. The number of piperidine rings is 1. The zero-order valence-corrected chi connectivity index (χ0v) is 17.7. The first kappa shape index (κ1) is 19.6. The Morgan fingerprint density at radius 3 is 2.83 bits per heavy atom. The topological polar surface area (TPSA) is 74.3 Å². The molecule has 29 heavy (non-hydrogen) atoms. The summed E-state index contributed by atoms with van der Waals surface area (Å²) in [5.41, 5.74) is 2.64. The SMILES string of the molecule is Cc1nc(-c2cccc(NC(=O)C3CCCN(C(=O)Nc4cccs4)C3)c2)cs1. The lowest BCUT2D eigenvalue weighted by Crippen LogP contribution is -2.45. The van der Waals surface area contributed by atoms with Gasteiger partial charge in [-0.15, -0.1) is 22.7 Å². The highest BCUT2D eigenvalue weighted by Crippen LogP contribution is 2.25. The van der Waals surface area contributed by atoms with Gasteiger partial charge in [-0.2, -0.15) is 0 Å². The summed E-state index contributed by atoms with van der Waals surface area (Å²) in [6, 6.07) is 11.3. The van der Waals surface area contributed by atoms with Gasteiger partial charge in [0.1, 0.15) is 0 Å². The van der Waals surface area contributed by atoms with Crippen molar-refractivity contribution >= 4 is 45.3 Å². The van der Waals surface area contributed by atoms with Crippen LogP contribution in [0.25, 0.3) is 11.3 Å². The molecule has 1 fully saturated rings. The molecule has 4 rings (SSSR count). The van der Waals surface area contributed by atoms with Crippen molar-refractivity contribution in [3.05, 3.63) is 52.2 Å². The van der Waals surface area contributed by atoms with Crippen LogP contribution in [0.3, 0.4) is 0 Å². The van der Waals surface area contributed by atoms with Gasteiger partial charge in [0.25, 0.3) is 0 Å². The van der Waals surface area contributed by atoms with Gasteiger partial charge < -0.3 is 10.2 Å². The quantitative estimate of drug-likeness (QED) is 0.612. The molecule has 0 spiro atoms. The molecule has 6 nitrogen and oxygen atoms in total. The number of nitrogens with zero attached hydrogens (tertiary/aromatic N) is 2. The van der Waals surface area contributed by atoms with E-state index in [0.29, 0.717) is 13.1 Å². The van der Waals surface area contributed by atoms with Crippen LogP contribution in [0.5, 0.6) is 0 Å². The number of aryl methyl sites for hydroxylation is 1. The highest BCUT2D eigenvalue weighted by molar-refractivity contribution is 7.14. The number of rotatable bonds is 4. The van der Waals surface area contributed by atoms with Crippen LogP contribution < -0.4 is 10.6 Å². The molecule has 0 radical (unpaired) electrons. The second kappa shape index (κ2) is 8.75. The molecular formula is C21H22N4O2S2. The van der Waals surface area contributed by atoms with E-state index < -0.39 is 0 Å². The number of hydrogen-bond donors (Lipinski definition) is 2. The van der Waals surface area contributed by atoms with E-state index in [2.05, 4.69) is 15.6 Å². The number of likely N-dealkylation sites (tertiary alicyclic amines) is 1. The minimum atomic E-state index is -0.219. The molecule has 8 heteroatoms. The Morgan fingerprint density at radius 2 is 2.07 bits per heavy atom. The fraction of sp³-hybridized carbons (Fsp3) is 0.286. The standard InChI is InChI=1S/C21H22N4O2S2/c1-14-22-18(13-29-14)15-5-2-7-17(11-15)23-20(26)16-6-3-9-25(12-16)21(27)24-19-8-4-10-28-19/h2,4-5,7-8,10-11,13,16H,3,6,9,12H2,1H3,(H,23,26)(H,24,27). The van der Waals surface area contributed by atoms with Gasteiger partial charge in [0, 0.05) is 29.7 Å². The van der Waals surface area contributed by atoms with Crippen LogP contribution >= 0.6 is 22.7 Å². The van der Waals surface area contributed by atoms with E-state index in [1.165, 1.54) is 11.3 Å². The number of anilines is 2. The molecule has 0 saturated carbocycles. The number of thiazole rings is 1. The third-order valence-corrected chi connectivity index (χ3v) is 6.43. The fourth-order valence-electron chi connectivity index (χ4n) is 3.41. The van der Waals surface area contributed by atoms with E-state index in [0.717, 1.165) is 39.8 Å². The first-order chi connectivity index (χ1) is 14.1. The van der Waals surface area contributed by atoms with Crippen molar-refractivity contribution in [1.29, 1.82) is 0 Å². The Labute approximate surface area is 177 Å². The molecule has 3 aromatic rings. The summed E-state index contributed by atoms with van der Waals surface area (Å²) in [6.07, 6.45) is 1.59. The summed E-state index contributed by atoms with van der Waals surface area (Å²) >= 11 is 3.09. The van der Waals surface area contributed by atoms with E-state index in [1.54, 1.807) is 16.2 Å². The second-order valence-corrected chi connectivity index (χ2v) is 9.02. The molecule has 2 N–H and O–H groups in total. The van der Waals surface area contributed by atoms with Crippen molar-refractivity contribution in [2.45, 2.75) is 19.8 Å². The summed E-state index contributed by atoms with van der Waals surface area (Å²) in [4.78, 5) is 31.5. The zero-order valence-electron chi connectivity index (χ0n) is 16.1. The number of thiophene rings is 1. The highest BCUT2D eigenvalue weighted by atomic mass is 32.1. The van der Waals surface area contributed by atoms with Crippen molar-refractivity contribution in [3.8, 4) is 11.3 Å². The minimum absolute atomic E-state index is 0.0507. The zero-order chi connectivity index (χ0) is 20.2. The number of benzene rings is 1. The molecule has 1 aromatic carbocycles. The molecule has 3 heterocycles. The number of hydrogen-bond acceptors (Lipinski definition) is 5. The first-order valence-electron chi connectivity index (χ1n) is 9.51. The van der Waals surface area contributed by atoms with Gasteiger partial charge in [0.15, 0.2) is 0 Å². The van der Waals surface area contributed by atoms with Gasteiger partial charge in [-0.25, -0.2) is 9.78 Å². The molecular weight excluding hydrogens is 404 g/mol. The number of carbonyl (C=O) groups is 2. The number of carbonyl (C=O) groups excluding carboxylic acids is 2. The molecule has 1 saturated heterocycles. The Balaban J connectivity index is 1.38. The van der Waals surface area contributed by atoms with E-state index in [-0.39, 0.29) is 17.9 Å². The van der Waals surface area contributed by atoms with E-state index in [9.17, 15) is 9.59 Å². The van der Waals surface area contributed by atoms with Crippen LogP contribution in [0, 0.1) is 12.8 Å². The first-order valence-corrected chi connectivity index (χ1v) is 11.3. The highest BCUT2D eigenvalue weighted by Gasteiger charge is 2.28. The van der Waals surface area contributed by atoms with Crippen molar-refractivity contribution in [2.24, 2.45) is 5.92 Å². The number of aromatic nitrogens is 1. The fourth-order valence-corrected chi connectivity index (χ4v) is 4.64. The number of amides is 3. The largest absolute Gasteiger partial charge is 0.326 e. The molecule has 0 bridgehead atoms. The van der Waals surface area contributed by atoms with Crippen molar-refractivity contribution in [3.63, 3.8) is 0 Å². The van der Waals surface area contributed by atoms with Gasteiger partial charge in [0.05, 0.1) is 21.6 Å². The van der Waals surface area contributed by atoms with Crippen molar-refractivity contribution in [1.82, 2.24) is 9.88 Å². The summed E-state index contributed by atoms with van der Waals surface area (Å²) in [5, 5.41) is 11.7. The van der Waals surface area contributed by atoms with E-state index >= 15 is 0 Å². The number of nitrogens with one attached hydrogen (secondary N) is 2. The van der Waals surface area contributed by atoms with Crippen LogP contribution in [-0.4, -0.2) is 34.9 Å². The van der Waals surface area contributed by atoms with E-state index in [1.807, 2.05) is 54.1 Å². The maximum Gasteiger partial charge on any atom is 0.322 e. The van der Waals surface area contributed by atoms with Gasteiger partial charge in [0.2, 0.25) is 5.91 Å². The lowest BCUT2D eigenvalue weighted by atomic mass is 9.97. The average molecular weight is 427 g/mol.